The summed E-state index contributed by atoms with van der Waals surface area (Å²) in [5, 5.41) is 24.1. The summed E-state index contributed by atoms with van der Waals surface area (Å²) in [5.41, 5.74) is 2.58. The third-order valence-electron chi connectivity index (χ3n) is 3.22. The monoisotopic (exact) mass is 345 g/mol. The number of phenols is 1. The zero-order valence-corrected chi connectivity index (χ0v) is 13.4. The minimum atomic E-state index is -0.664. The van der Waals surface area contributed by atoms with E-state index < -0.39 is 10.8 Å². The molecule has 0 unspecified atom stereocenters. The summed E-state index contributed by atoms with van der Waals surface area (Å²) in [4.78, 5) is 22.4. The van der Waals surface area contributed by atoms with E-state index in [0.717, 1.165) is 6.07 Å². The SMILES string of the molecule is COc1cc(/C=N\NC(=O)c2cc([N+](=O)[O-])ccc2OC)ccc1O. The molecule has 0 aliphatic heterocycles. The van der Waals surface area contributed by atoms with Gasteiger partial charge in [-0.25, -0.2) is 5.43 Å². The number of rotatable bonds is 6. The molecule has 0 saturated carbocycles. The quantitative estimate of drug-likeness (QED) is 0.469. The molecule has 2 N–H and O–H groups in total. The van der Waals surface area contributed by atoms with Gasteiger partial charge in [-0.15, -0.1) is 0 Å². The second-order valence-electron chi connectivity index (χ2n) is 4.77. The van der Waals surface area contributed by atoms with Crippen LogP contribution in [0.25, 0.3) is 0 Å². The zero-order chi connectivity index (χ0) is 18.4. The van der Waals surface area contributed by atoms with Crippen molar-refractivity contribution in [3.05, 3.63) is 57.6 Å². The van der Waals surface area contributed by atoms with Crippen LogP contribution in [0.4, 0.5) is 5.69 Å². The van der Waals surface area contributed by atoms with E-state index in [4.69, 9.17) is 9.47 Å². The van der Waals surface area contributed by atoms with Gasteiger partial charge in [0.25, 0.3) is 11.6 Å². The van der Waals surface area contributed by atoms with Crippen LogP contribution in [0.15, 0.2) is 41.5 Å². The largest absolute Gasteiger partial charge is 0.504 e. The number of methoxy groups -OCH3 is 2. The number of nitro groups is 1. The fraction of sp³-hybridized carbons (Fsp3) is 0.125. The molecule has 0 aliphatic carbocycles. The molecule has 9 nitrogen and oxygen atoms in total. The Morgan fingerprint density at radius 1 is 1.20 bits per heavy atom. The topological polar surface area (TPSA) is 123 Å². The average Bonchev–Trinajstić information content (AvgIpc) is 2.62. The van der Waals surface area contributed by atoms with Crippen molar-refractivity contribution < 1.29 is 24.3 Å². The highest BCUT2D eigenvalue weighted by Crippen LogP contribution is 2.26. The molecule has 0 heterocycles. The maximum atomic E-state index is 12.2. The second-order valence-corrected chi connectivity index (χ2v) is 4.77. The van der Waals surface area contributed by atoms with E-state index in [2.05, 4.69) is 10.5 Å². The summed E-state index contributed by atoms with van der Waals surface area (Å²) in [6, 6.07) is 8.20. The number of phenolic OH excluding ortho intramolecular Hbond substituents is 1. The van der Waals surface area contributed by atoms with E-state index in [1.165, 1.54) is 44.7 Å². The van der Waals surface area contributed by atoms with Crippen molar-refractivity contribution in [3.8, 4) is 17.2 Å². The van der Waals surface area contributed by atoms with E-state index in [1.807, 2.05) is 0 Å². The molecule has 2 aromatic rings. The number of hydrogen-bond acceptors (Lipinski definition) is 7. The van der Waals surface area contributed by atoms with Crippen LogP contribution in [0.1, 0.15) is 15.9 Å². The van der Waals surface area contributed by atoms with Gasteiger partial charge in [0.15, 0.2) is 11.5 Å². The van der Waals surface area contributed by atoms with Gasteiger partial charge in [0, 0.05) is 12.1 Å². The normalized spacial score (nSPS) is 10.5. The van der Waals surface area contributed by atoms with E-state index in [1.54, 1.807) is 6.07 Å². The summed E-state index contributed by atoms with van der Waals surface area (Å²) in [5.74, 6) is -0.243. The van der Waals surface area contributed by atoms with Crippen LogP contribution in [0.5, 0.6) is 17.2 Å². The first-order valence-corrected chi connectivity index (χ1v) is 6.99. The van der Waals surface area contributed by atoms with Crippen molar-refractivity contribution >= 4 is 17.8 Å². The lowest BCUT2D eigenvalue weighted by molar-refractivity contribution is -0.384. The van der Waals surface area contributed by atoms with E-state index in [0.29, 0.717) is 5.56 Å². The third-order valence-corrected chi connectivity index (χ3v) is 3.22. The number of amides is 1. The van der Waals surface area contributed by atoms with Gasteiger partial charge in [0.05, 0.1) is 30.9 Å². The van der Waals surface area contributed by atoms with Crippen LogP contribution in [0, 0.1) is 10.1 Å². The number of nitro benzene ring substituents is 1. The van der Waals surface area contributed by atoms with Crippen molar-refractivity contribution in [2.45, 2.75) is 0 Å². The Morgan fingerprint density at radius 3 is 2.56 bits per heavy atom. The Bertz CT molecular complexity index is 835. The third kappa shape index (κ3) is 4.22. The van der Waals surface area contributed by atoms with E-state index >= 15 is 0 Å². The Labute approximate surface area is 142 Å². The highest BCUT2D eigenvalue weighted by Gasteiger charge is 2.17. The number of carbonyl (C=O) groups excluding carboxylic acids is 1. The van der Waals surface area contributed by atoms with Crippen molar-refractivity contribution in [2.24, 2.45) is 5.10 Å². The first kappa shape index (κ1) is 17.7. The number of hydrazone groups is 1. The minimum Gasteiger partial charge on any atom is -0.504 e. The zero-order valence-electron chi connectivity index (χ0n) is 13.4. The molecule has 0 fully saturated rings. The predicted octanol–water partition coefficient (Wildman–Crippen LogP) is 2.08. The first-order valence-electron chi connectivity index (χ1n) is 6.99. The summed E-state index contributed by atoms with van der Waals surface area (Å²) in [7, 11) is 2.76. The van der Waals surface area contributed by atoms with Crippen LogP contribution in [-0.2, 0) is 0 Å². The molecule has 0 aromatic heterocycles. The molecule has 0 aliphatic rings. The number of carbonyl (C=O) groups is 1. The average molecular weight is 345 g/mol. The second kappa shape index (κ2) is 7.77. The minimum absolute atomic E-state index is 0.0165. The smallest absolute Gasteiger partial charge is 0.275 e. The van der Waals surface area contributed by atoms with Crippen LogP contribution < -0.4 is 14.9 Å². The molecule has 0 saturated heterocycles. The molecular formula is C16H15N3O6. The van der Waals surface area contributed by atoms with Crippen LogP contribution in [0.2, 0.25) is 0 Å². The van der Waals surface area contributed by atoms with Gasteiger partial charge >= 0.3 is 0 Å². The lowest BCUT2D eigenvalue weighted by Crippen LogP contribution is -2.18. The maximum Gasteiger partial charge on any atom is 0.275 e. The van der Waals surface area contributed by atoms with Gasteiger partial charge in [-0.2, -0.15) is 5.10 Å². The lowest BCUT2D eigenvalue weighted by atomic mass is 10.1. The van der Waals surface area contributed by atoms with Gasteiger partial charge < -0.3 is 14.6 Å². The molecule has 2 rings (SSSR count). The molecule has 0 atom stereocenters. The molecule has 0 bridgehead atoms. The van der Waals surface area contributed by atoms with Crippen LogP contribution in [-0.4, -0.2) is 36.4 Å². The van der Waals surface area contributed by atoms with Gasteiger partial charge in [-0.3, -0.25) is 14.9 Å². The van der Waals surface area contributed by atoms with E-state index in [-0.39, 0.29) is 28.5 Å². The maximum absolute atomic E-state index is 12.2. The molecule has 0 spiro atoms. The molecule has 0 radical (unpaired) electrons. The van der Waals surface area contributed by atoms with Crippen molar-refractivity contribution in [3.63, 3.8) is 0 Å². The van der Waals surface area contributed by atoms with Crippen molar-refractivity contribution in [1.82, 2.24) is 5.43 Å². The fourth-order valence-corrected chi connectivity index (χ4v) is 1.99. The van der Waals surface area contributed by atoms with Crippen LogP contribution in [0.3, 0.4) is 0 Å². The fourth-order valence-electron chi connectivity index (χ4n) is 1.99. The number of non-ortho nitro benzene ring substituents is 1. The number of benzene rings is 2. The summed E-state index contributed by atoms with van der Waals surface area (Å²) in [6.07, 6.45) is 1.34. The summed E-state index contributed by atoms with van der Waals surface area (Å²) >= 11 is 0. The Morgan fingerprint density at radius 2 is 1.92 bits per heavy atom. The highest BCUT2D eigenvalue weighted by molar-refractivity contribution is 5.98. The van der Waals surface area contributed by atoms with Gasteiger partial charge in [0.2, 0.25) is 0 Å². The molecule has 2 aromatic carbocycles. The number of nitrogens with zero attached hydrogens (tertiary/aromatic N) is 2. The molecule has 25 heavy (non-hydrogen) atoms. The Balaban J connectivity index is 2.17. The number of ether oxygens (including phenoxy) is 2. The number of hydrogen-bond donors (Lipinski definition) is 2. The van der Waals surface area contributed by atoms with Crippen molar-refractivity contribution in [1.29, 1.82) is 0 Å². The van der Waals surface area contributed by atoms with Gasteiger partial charge in [0.1, 0.15) is 5.75 Å². The van der Waals surface area contributed by atoms with Gasteiger partial charge in [-0.1, -0.05) is 0 Å². The molecular weight excluding hydrogens is 330 g/mol. The van der Waals surface area contributed by atoms with Crippen molar-refractivity contribution in [2.75, 3.05) is 14.2 Å². The standard InChI is InChI=1S/C16H15N3O6/c1-24-14-6-4-11(19(22)23)8-12(14)16(21)18-17-9-10-3-5-13(20)15(7-10)25-2/h3-9,20H,1-2H3,(H,18,21)/b17-9-. The van der Waals surface area contributed by atoms with Crippen LogP contribution >= 0.6 is 0 Å². The summed E-state index contributed by atoms with van der Waals surface area (Å²) in [6.45, 7) is 0. The Hall–Kier alpha value is -3.62. The molecule has 1 amide bonds. The highest BCUT2D eigenvalue weighted by atomic mass is 16.6. The molecule has 9 heteroatoms. The number of aromatic hydroxyl groups is 1. The summed E-state index contributed by atoms with van der Waals surface area (Å²) < 4.78 is 10.00. The Kier molecular flexibility index (Phi) is 5.51. The van der Waals surface area contributed by atoms with E-state index in [9.17, 15) is 20.0 Å². The predicted molar refractivity (Wildman–Crippen MR) is 89.4 cm³/mol. The number of nitrogens with one attached hydrogen (secondary N) is 1. The van der Waals surface area contributed by atoms with Gasteiger partial charge in [-0.05, 0) is 29.8 Å². The molecule has 130 valence electrons. The lowest BCUT2D eigenvalue weighted by Gasteiger charge is -2.07. The first-order chi connectivity index (χ1) is 12.0.